The van der Waals surface area contributed by atoms with Crippen LogP contribution in [0.15, 0.2) is 24.5 Å². The number of carboxylic acids is 1. The van der Waals surface area contributed by atoms with Gasteiger partial charge in [0.25, 0.3) is 0 Å². The summed E-state index contributed by atoms with van der Waals surface area (Å²) in [6.07, 6.45) is 7.63. The van der Waals surface area contributed by atoms with E-state index >= 15 is 0 Å². The molecule has 1 aromatic heterocycles. The lowest BCUT2D eigenvalue weighted by atomic mass is 9.79. The first-order valence-corrected chi connectivity index (χ1v) is 7.93. The highest BCUT2D eigenvalue weighted by molar-refractivity contribution is 5.78. The summed E-state index contributed by atoms with van der Waals surface area (Å²) in [5.74, 6) is -0.741. The summed E-state index contributed by atoms with van der Waals surface area (Å²) in [5, 5.41) is 9.15. The zero-order valence-electron chi connectivity index (χ0n) is 13.1. The Bertz CT molecular complexity index is 510. The van der Waals surface area contributed by atoms with Gasteiger partial charge in [0.15, 0.2) is 0 Å². The number of aliphatic carboxylic acids is 1. The van der Waals surface area contributed by atoms with Gasteiger partial charge < -0.3 is 10.0 Å². The molecule has 22 heavy (non-hydrogen) atoms. The van der Waals surface area contributed by atoms with Crippen molar-refractivity contribution in [2.24, 2.45) is 5.41 Å². The Morgan fingerprint density at radius 2 is 1.86 bits per heavy atom. The Balaban J connectivity index is 2.03. The van der Waals surface area contributed by atoms with Gasteiger partial charge in [0, 0.05) is 31.9 Å². The van der Waals surface area contributed by atoms with E-state index < -0.39 is 5.97 Å². The minimum Gasteiger partial charge on any atom is -0.481 e. The number of carbonyl (C=O) groups is 2. The fourth-order valence-corrected chi connectivity index (χ4v) is 3.38. The van der Waals surface area contributed by atoms with Gasteiger partial charge in [-0.3, -0.25) is 14.6 Å². The average Bonchev–Trinajstić information content (AvgIpc) is 2.92. The van der Waals surface area contributed by atoms with E-state index in [1.165, 1.54) is 0 Å². The van der Waals surface area contributed by atoms with Crippen molar-refractivity contribution in [2.75, 3.05) is 6.54 Å². The summed E-state index contributed by atoms with van der Waals surface area (Å²) in [7, 11) is 0. The van der Waals surface area contributed by atoms with Crippen LogP contribution in [0.25, 0.3) is 0 Å². The summed E-state index contributed by atoms with van der Waals surface area (Å²) in [6, 6.07) is 3.80. The lowest BCUT2D eigenvalue weighted by Crippen LogP contribution is -2.35. The molecule has 0 spiro atoms. The van der Waals surface area contributed by atoms with Crippen LogP contribution in [-0.4, -0.2) is 33.4 Å². The first-order valence-electron chi connectivity index (χ1n) is 7.93. The molecule has 1 aromatic rings. The molecule has 0 bridgehead atoms. The van der Waals surface area contributed by atoms with Crippen LogP contribution in [0.3, 0.4) is 0 Å². The van der Waals surface area contributed by atoms with Crippen molar-refractivity contribution in [1.29, 1.82) is 0 Å². The molecule has 0 saturated heterocycles. The molecule has 1 heterocycles. The second kappa shape index (κ2) is 7.38. The maximum atomic E-state index is 12.6. The van der Waals surface area contributed by atoms with Gasteiger partial charge in [0.05, 0.1) is 6.42 Å². The fourth-order valence-electron chi connectivity index (χ4n) is 3.38. The van der Waals surface area contributed by atoms with Crippen molar-refractivity contribution in [2.45, 2.75) is 52.0 Å². The summed E-state index contributed by atoms with van der Waals surface area (Å²) >= 11 is 0. The van der Waals surface area contributed by atoms with E-state index in [0.717, 1.165) is 31.2 Å². The highest BCUT2D eigenvalue weighted by Crippen LogP contribution is 2.44. The number of pyridine rings is 1. The number of carbonyl (C=O) groups excluding carboxylic acids is 1. The van der Waals surface area contributed by atoms with Crippen LogP contribution in [0.5, 0.6) is 0 Å². The number of nitrogens with zero attached hydrogens (tertiary/aromatic N) is 2. The van der Waals surface area contributed by atoms with Crippen LogP contribution in [-0.2, 0) is 16.1 Å². The second-order valence-electron chi connectivity index (χ2n) is 6.22. The summed E-state index contributed by atoms with van der Waals surface area (Å²) in [6.45, 7) is 3.14. The molecule has 0 aliphatic heterocycles. The minimum atomic E-state index is -0.799. The van der Waals surface area contributed by atoms with Crippen molar-refractivity contribution < 1.29 is 14.7 Å². The molecule has 1 aliphatic rings. The average molecular weight is 304 g/mol. The molecule has 2 rings (SSSR count). The van der Waals surface area contributed by atoms with Crippen LogP contribution in [0, 0.1) is 5.41 Å². The third-order valence-electron chi connectivity index (χ3n) is 4.57. The molecule has 1 saturated carbocycles. The van der Waals surface area contributed by atoms with Crippen LogP contribution in [0.2, 0.25) is 0 Å². The van der Waals surface area contributed by atoms with Crippen molar-refractivity contribution in [1.82, 2.24) is 9.88 Å². The van der Waals surface area contributed by atoms with E-state index in [9.17, 15) is 9.59 Å². The van der Waals surface area contributed by atoms with Crippen LogP contribution < -0.4 is 0 Å². The van der Waals surface area contributed by atoms with Gasteiger partial charge in [-0.2, -0.15) is 0 Å². The monoisotopic (exact) mass is 304 g/mol. The van der Waals surface area contributed by atoms with E-state index in [2.05, 4.69) is 4.98 Å². The van der Waals surface area contributed by atoms with E-state index in [0.29, 0.717) is 19.5 Å². The Morgan fingerprint density at radius 3 is 2.41 bits per heavy atom. The Labute approximate surface area is 131 Å². The Hall–Kier alpha value is -1.91. The molecule has 1 amide bonds. The van der Waals surface area contributed by atoms with Crippen molar-refractivity contribution in [3.63, 3.8) is 0 Å². The Kier molecular flexibility index (Phi) is 5.52. The normalized spacial score (nSPS) is 16.4. The first kappa shape index (κ1) is 16.5. The van der Waals surface area contributed by atoms with E-state index in [4.69, 9.17) is 5.11 Å². The lowest BCUT2D eigenvalue weighted by Gasteiger charge is -2.30. The van der Waals surface area contributed by atoms with E-state index in [1.54, 1.807) is 17.3 Å². The number of hydrogen-bond acceptors (Lipinski definition) is 3. The number of hydrogen-bond donors (Lipinski definition) is 1. The van der Waals surface area contributed by atoms with Gasteiger partial charge in [-0.25, -0.2) is 0 Å². The summed E-state index contributed by atoms with van der Waals surface area (Å²) in [5.41, 5.74) is 0.707. The van der Waals surface area contributed by atoms with Gasteiger partial charge >= 0.3 is 5.97 Å². The molecular formula is C17H24N2O3. The first-order chi connectivity index (χ1) is 10.5. The molecular weight excluding hydrogens is 280 g/mol. The zero-order valence-corrected chi connectivity index (χ0v) is 13.1. The Morgan fingerprint density at radius 1 is 1.23 bits per heavy atom. The molecule has 1 aliphatic carbocycles. The highest BCUT2D eigenvalue weighted by atomic mass is 16.4. The predicted molar refractivity (Wildman–Crippen MR) is 83.1 cm³/mol. The predicted octanol–water partition coefficient (Wildman–Crippen LogP) is 2.86. The van der Waals surface area contributed by atoms with Crippen LogP contribution in [0.4, 0.5) is 0 Å². The van der Waals surface area contributed by atoms with Gasteiger partial charge in [-0.15, -0.1) is 0 Å². The molecule has 0 unspecified atom stereocenters. The lowest BCUT2D eigenvalue weighted by molar-refractivity contribution is -0.141. The molecule has 1 fully saturated rings. The van der Waals surface area contributed by atoms with Crippen LogP contribution in [0.1, 0.15) is 51.0 Å². The third-order valence-corrected chi connectivity index (χ3v) is 4.57. The third kappa shape index (κ3) is 4.29. The number of amides is 1. The molecule has 0 aromatic carbocycles. The summed E-state index contributed by atoms with van der Waals surface area (Å²) < 4.78 is 0. The van der Waals surface area contributed by atoms with Crippen molar-refractivity contribution >= 4 is 11.9 Å². The number of carboxylic acid groups (broad SMARTS) is 1. The fraction of sp³-hybridized carbons (Fsp3) is 0.588. The maximum Gasteiger partial charge on any atom is 0.303 e. The summed E-state index contributed by atoms with van der Waals surface area (Å²) in [4.78, 5) is 29.6. The van der Waals surface area contributed by atoms with Crippen LogP contribution >= 0.6 is 0 Å². The number of aromatic nitrogens is 1. The second-order valence-corrected chi connectivity index (χ2v) is 6.22. The molecule has 5 nitrogen and oxygen atoms in total. The quantitative estimate of drug-likeness (QED) is 0.841. The number of rotatable bonds is 7. The molecule has 1 N–H and O–H groups in total. The largest absolute Gasteiger partial charge is 0.481 e. The van der Waals surface area contributed by atoms with Crippen molar-refractivity contribution in [3.8, 4) is 0 Å². The topological polar surface area (TPSA) is 70.5 Å². The van der Waals surface area contributed by atoms with Gasteiger partial charge in [-0.1, -0.05) is 12.8 Å². The molecule has 5 heteroatoms. The van der Waals surface area contributed by atoms with E-state index in [1.807, 2.05) is 19.1 Å². The zero-order chi connectivity index (χ0) is 16.0. The molecule has 0 atom stereocenters. The van der Waals surface area contributed by atoms with Gasteiger partial charge in [-0.05, 0) is 42.9 Å². The molecule has 120 valence electrons. The van der Waals surface area contributed by atoms with Gasteiger partial charge in [0.2, 0.25) is 5.91 Å². The highest BCUT2D eigenvalue weighted by Gasteiger charge is 2.38. The standard InChI is InChI=1S/C17H24N2O3/c1-2-19(13-14-5-9-18-10-6-14)15(20)11-17(12-16(21)22)7-3-4-8-17/h5-6,9-10H,2-4,7-8,11-13H2,1H3,(H,21,22). The SMILES string of the molecule is CCN(Cc1ccncc1)C(=O)CC1(CC(=O)O)CCCC1. The minimum absolute atomic E-state index is 0.0578. The molecule has 0 radical (unpaired) electrons. The van der Waals surface area contributed by atoms with E-state index in [-0.39, 0.29) is 17.7 Å². The smallest absolute Gasteiger partial charge is 0.303 e. The van der Waals surface area contributed by atoms with Gasteiger partial charge in [0.1, 0.15) is 0 Å². The van der Waals surface area contributed by atoms with Crippen molar-refractivity contribution in [3.05, 3.63) is 30.1 Å². The maximum absolute atomic E-state index is 12.6.